The van der Waals surface area contributed by atoms with E-state index in [1.807, 2.05) is 24.3 Å². The van der Waals surface area contributed by atoms with Gasteiger partial charge in [-0.05, 0) is 42.0 Å². The molecule has 0 bridgehead atoms. The Morgan fingerprint density at radius 2 is 2.04 bits per heavy atom. The van der Waals surface area contributed by atoms with Crippen LogP contribution in [-0.2, 0) is 14.6 Å². The average molecular weight is 437 g/mol. The van der Waals surface area contributed by atoms with E-state index in [9.17, 15) is 13.2 Å². The highest BCUT2D eigenvalue weighted by atomic mass is 79.9. The van der Waals surface area contributed by atoms with Gasteiger partial charge >= 0.3 is 0 Å². The van der Waals surface area contributed by atoms with Crippen molar-refractivity contribution in [3.05, 3.63) is 58.6 Å². The summed E-state index contributed by atoms with van der Waals surface area (Å²) in [6, 6.07) is 12.3. The molecule has 8 heteroatoms. The summed E-state index contributed by atoms with van der Waals surface area (Å²) in [5.41, 5.74) is 1.54. The standard InChI is InChI=1S/C17H13BrN2O3S2/c1-25(22,23)13-6-7-14-15(10-13)24-17(19-14)20-16(21)8-5-11-3-2-4-12(18)9-11/h2-10H,1H3,(H,19,20,21)/b8-5+. The topological polar surface area (TPSA) is 76.1 Å². The van der Waals surface area contributed by atoms with Gasteiger partial charge in [-0.25, -0.2) is 13.4 Å². The first kappa shape index (κ1) is 17.8. The summed E-state index contributed by atoms with van der Waals surface area (Å²) in [4.78, 5) is 16.6. The number of amides is 1. The van der Waals surface area contributed by atoms with E-state index < -0.39 is 9.84 Å². The van der Waals surface area contributed by atoms with E-state index in [4.69, 9.17) is 0 Å². The van der Waals surface area contributed by atoms with E-state index in [0.717, 1.165) is 16.3 Å². The Bertz CT molecular complexity index is 1090. The van der Waals surface area contributed by atoms with Crippen molar-refractivity contribution in [3.8, 4) is 0 Å². The van der Waals surface area contributed by atoms with Gasteiger partial charge in [0.2, 0.25) is 5.91 Å². The lowest BCUT2D eigenvalue weighted by molar-refractivity contribution is -0.111. The predicted octanol–water partition coefficient (Wildman–Crippen LogP) is 4.11. The van der Waals surface area contributed by atoms with Gasteiger partial charge in [-0.1, -0.05) is 39.4 Å². The first-order chi connectivity index (χ1) is 11.8. The number of rotatable bonds is 4. The lowest BCUT2D eigenvalue weighted by atomic mass is 10.2. The molecule has 0 aliphatic heterocycles. The van der Waals surface area contributed by atoms with E-state index in [0.29, 0.717) is 15.3 Å². The zero-order valence-corrected chi connectivity index (χ0v) is 16.3. The van der Waals surface area contributed by atoms with Crippen LogP contribution < -0.4 is 5.32 Å². The van der Waals surface area contributed by atoms with Gasteiger partial charge in [-0.15, -0.1) is 0 Å². The third kappa shape index (κ3) is 4.53. The Kier molecular flexibility index (Phi) is 5.03. The Morgan fingerprint density at radius 1 is 1.24 bits per heavy atom. The minimum atomic E-state index is -3.27. The second-order valence-electron chi connectivity index (χ2n) is 5.30. The van der Waals surface area contributed by atoms with Crippen molar-refractivity contribution in [3.63, 3.8) is 0 Å². The van der Waals surface area contributed by atoms with Crippen LogP contribution in [0.5, 0.6) is 0 Å². The van der Waals surface area contributed by atoms with Crippen LogP contribution in [0.15, 0.2) is 57.9 Å². The summed E-state index contributed by atoms with van der Waals surface area (Å²) in [7, 11) is -3.27. The van der Waals surface area contributed by atoms with E-state index >= 15 is 0 Å². The maximum atomic E-state index is 12.0. The van der Waals surface area contributed by atoms with Crippen molar-refractivity contribution in [2.24, 2.45) is 0 Å². The number of benzene rings is 2. The van der Waals surface area contributed by atoms with Crippen molar-refractivity contribution in [1.29, 1.82) is 0 Å². The van der Waals surface area contributed by atoms with Crippen molar-refractivity contribution < 1.29 is 13.2 Å². The minimum absolute atomic E-state index is 0.232. The number of nitrogens with one attached hydrogen (secondary N) is 1. The Hall–Kier alpha value is -2.03. The molecule has 3 rings (SSSR count). The molecule has 0 aliphatic rings. The van der Waals surface area contributed by atoms with Gasteiger partial charge < -0.3 is 0 Å². The summed E-state index contributed by atoms with van der Waals surface area (Å²) in [6.45, 7) is 0. The normalized spacial score (nSPS) is 11.9. The molecule has 0 saturated carbocycles. The van der Waals surface area contributed by atoms with Crippen molar-refractivity contribution >= 4 is 64.4 Å². The van der Waals surface area contributed by atoms with Crippen LogP contribution in [0.2, 0.25) is 0 Å². The average Bonchev–Trinajstić information content (AvgIpc) is 2.93. The number of carbonyl (C=O) groups is 1. The molecule has 1 amide bonds. The molecule has 0 radical (unpaired) electrons. The molecule has 2 aromatic carbocycles. The molecule has 0 aliphatic carbocycles. The van der Waals surface area contributed by atoms with Gasteiger partial charge in [0.1, 0.15) is 0 Å². The third-order valence-electron chi connectivity index (χ3n) is 3.29. The fraction of sp³-hybridized carbons (Fsp3) is 0.0588. The van der Waals surface area contributed by atoms with Gasteiger partial charge in [0.05, 0.1) is 15.1 Å². The molecule has 0 spiro atoms. The number of hydrogen-bond acceptors (Lipinski definition) is 5. The largest absolute Gasteiger partial charge is 0.298 e. The number of aromatic nitrogens is 1. The summed E-state index contributed by atoms with van der Waals surface area (Å²) in [6.07, 6.45) is 4.29. The zero-order valence-electron chi connectivity index (χ0n) is 13.1. The molecule has 1 aromatic heterocycles. The molecule has 1 N–H and O–H groups in total. The molecule has 0 fully saturated rings. The van der Waals surface area contributed by atoms with E-state index in [2.05, 4.69) is 26.2 Å². The summed E-state index contributed by atoms with van der Waals surface area (Å²) >= 11 is 4.61. The molecular weight excluding hydrogens is 424 g/mol. The van der Waals surface area contributed by atoms with Crippen LogP contribution in [0.3, 0.4) is 0 Å². The second kappa shape index (κ2) is 7.07. The quantitative estimate of drug-likeness (QED) is 0.624. The minimum Gasteiger partial charge on any atom is -0.298 e. The molecule has 128 valence electrons. The number of sulfone groups is 1. The first-order valence-corrected chi connectivity index (χ1v) is 10.7. The molecule has 25 heavy (non-hydrogen) atoms. The predicted molar refractivity (Wildman–Crippen MR) is 105 cm³/mol. The number of fused-ring (bicyclic) bond motifs is 1. The number of nitrogens with zero attached hydrogens (tertiary/aromatic N) is 1. The molecule has 0 atom stereocenters. The summed E-state index contributed by atoms with van der Waals surface area (Å²) in [5, 5.41) is 3.12. The van der Waals surface area contributed by atoms with Crippen molar-refractivity contribution in [2.45, 2.75) is 4.90 Å². The summed E-state index contributed by atoms with van der Waals surface area (Å²) in [5.74, 6) is -0.303. The van der Waals surface area contributed by atoms with Crippen molar-refractivity contribution in [1.82, 2.24) is 4.98 Å². The van der Waals surface area contributed by atoms with E-state index in [-0.39, 0.29) is 10.8 Å². The van der Waals surface area contributed by atoms with Gasteiger partial charge in [0, 0.05) is 16.8 Å². The number of hydrogen-bond donors (Lipinski definition) is 1. The van der Waals surface area contributed by atoms with Gasteiger partial charge in [-0.3, -0.25) is 10.1 Å². The van der Waals surface area contributed by atoms with Crippen LogP contribution >= 0.6 is 27.3 Å². The van der Waals surface area contributed by atoms with Crippen LogP contribution in [0, 0.1) is 0 Å². The lowest BCUT2D eigenvalue weighted by Gasteiger charge is -1.96. The number of thiazole rings is 1. The lowest BCUT2D eigenvalue weighted by Crippen LogP contribution is -2.07. The zero-order chi connectivity index (χ0) is 18.0. The summed E-state index contributed by atoms with van der Waals surface area (Å²) < 4.78 is 24.9. The van der Waals surface area contributed by atoms with Crippen LogP contribution in [0.25, 0.3) is 16.3 Å². The van der Waals surface area contributed by atoms with Crippen LogP contribution in [0.4, 0.5) is 5.13 Å². The Labute approximate surface area is 157 Å². The maximum absolute atomic E-state index is 12.0. The van der Waals surface area contributed by atoms with Crippen LogP contribution in [0.1, 0.15) is 5.56 Å². The highest BCUT2D eigenvalue weighted by Crippen LogP contribution is 2.28. The number of halogens is 1. The monoisotopic (exact) mass is 436 g/mol. The number of carbonyl (C=O) groups excluding carboxylic acids is 1. The fourth-order valence-corrected chi connectivity index (χ4v) is 4.17. The molecule has 0 saturated heterocycles. The molecule has 1 heterocycles. The maximum Gasteiger partial charge on any atom is 0.250 e. The van der Waals surface area contributed by atoms with Gasteiger partial charge in [-0.2, -0.15) is 0 Å². The van der Waals surface area contributed by atoms with Crippen LogP contribution in [-0.4, -0.2) is 25.6 Å². The Morgan fingerprint density at radius 3 is 2.76 bits per heavy atom. The number of anilines is 1. The third-order valence-corrected chi connectivity index (χ3v) is 5.83. The van der Waals surface area contributed by atoms with Gasteiger partial charge in [0.15, 0.2) is 15.0 Å². The Balaban J connectivity index is 1.77. The molecule has 5 nitrogen and oxygen atoms in total. The smallest absolute Gasteiger partial charge is 0.250 e. The molecular formula is C17H13BrN2O3S2. The highest BCUT2D eigenvalue weighted by molar-refractivity contribution is 9.10. The SMILES string of the molecule is CS(=O)(=O)c1ccc2nc(NC(=O)/C=C/c3cccc(Br)c3)sc2c1. The second-order valence-corrected chi connectivity index (χ2v) is 9.26. The van der Waals surface area contributed by atoms with Gasteiger partial charge in [0.25, 0.3) is 0 Å². The molecule has 0 unspecified atom stereocenters. The van der Waals surface area contributed by atoms with Crippen molar-refractivity contribution in [2.75, 3.05) is 11.6 Å². The fourth-order valence-electron chi connectivity index (χ4n) is 2.12. The highest BCUT2D eigenvalue weighted by Gasteiger charge is 2.11. The van der Waals surface area contributed by atoms with E-state index in [1.54, 1.807) is 18.2 Å². The first-order valence-electron chi connectivity index (χ1n) is 7.16. The van der Waals surface area contributed by atoms with E-state index in [1.165, 1.54) is 23.5 Å². The molecule has 3 aromatic rings.